The summed E-state index contributed by atoms with van der Waals surface area (Å²) in [5.41, 5.74) is 6.33. The molecule has 1 aliphatic rings. The third kappa shape index (κ3) is 5.98. The average Bonchev–Trinajstić information content (AvgIpc) is 3.46. The zero-order chi connectivity index (χ0) is 32.6. The van der Waals surface area contributed by atoms with Crippen LogP contribution in [0.5, 0.6) is 11.5 Å². The fraction of sp³-hybridized carbons (Fsp3) is 0.324. The van der Waals surface area contributed by atoms with Crippen LogP contribution in [0.4, 0.5) is 5.69 Å². The Bertz CT molecular complexity index is 1990. The maximum absolute atomic E-state index is 14.3. The summed E-state index contributed by atoms with van der Waals surface area (Å²) in [6.07, 6.45) is 1.91. The number of rotatable bonds is 9. The second kappa shape index (κ2) is 13.1. The summed E-state index contributed by atoms with van der Waals surface area (Å²) in [6.45, 7) is 10.2. The van der Waals surface area contributed by atoms with Gasteiger partial charge in [-0.1, -0.05) is 27.3 Å². The number of aryl methyl sites for hydroxylation is 1. The number of ether oxygens (including phenoxy) is 3. The van der Waals surface area contributed by atoms with E-state index in [2.05, 4.69) is 62.7 Å². The molecule has 0 spiro atoms. The normalized spacial score (nSPS) is 14.7. The molecule has 0 radical (unpaired) electrons. The van der Waals surface area contributed by atoms with Gasteiger partial charge in [0.25, 0.3) is 5.56 Å². The third-order valence-corrected chi connectivity index (χ3v) is 9.45. The zero-order valence-electron chi connectivity index (χ0n) is 26.7. The van der Waals surface area contributed by atoms with Gasteiger partial charge in [0.15, 0.2) is 16.3 Å². The number of benzene rings is 2. The average molecular weight is 694 g/mol. The van der Waals surface area contributed by atoms with Crippen LogP contribution in [0.3, 0.4) is 0 Å². The van der Waals surface area contributed by atoms with E-state index >= 15 is 0 Å². The molecule has 0 bridgehead atoms. The summed E-state index contributed by atoms with van der Waals surface area (Å²) in [5.74, 6) is 0.510. The number of aromatic nitrogens is 2. The Labute approximate surface area is 274 Å². The van der Waals surface area contributed by atoms with Gasteiger partial charge in [-0.15, -0.1) is 0 Å². The molecule has 2 aromatic heterocycles. The van der Waals surface area contributed by atoms with Crippen molar-refractivity contribution in [1.82, 2.24) is 9.13 Å². The van der Waals surface area contributed by atoms with Crippen molar-refractivity contribution in [1.29, 1.82) is 0 Å². The Morgan fingerprint density at radius 1 is 1.07 bits per heavy atom. The van der Waals surface area contributed by atoms with Gasteiger partial charge < -0.3 is 23.7 Å². The molecule has 1 atom stereocenters. The Kier molecular flexibility index (Phi) is 9.41. The van der Waals surface area contributed by atoms with E-state index in [1.165, 1.54) is 11.3 Å². The van der Waals surface area contributed by atoms with Gasteiger partial charge in [-0.2, -0.15) is 0 Å². The lowest BCUT2D eigenvalue weighted by Gasteiger charge is -2.26. The van der Waals surface area contributed by atoms with E-state index in [0.717, 1.165) is 28.3 Å². The molecule has 5 rings (SSSR count). The highest BCUT2D eigenvalue weighted by Crippen LogP contribution is 2.41. The molecule has 0 aliphatic carbocycles. The number of nitrogens with zero attached hydrogens (tertiary/aromatic N) is 4. The molecule has 11 heteroatoms. The van der Waals surface area contributed by atoms with Gasteiger partial charge in [0.2, 0.25) is 0 Å². The van der Waals surface area contributed by atoms with Crippen molar-refractivity contribution in [2.45, 2.75) is 40.7 Å². The SMILES string of the molecule is CCOC(=O)C1=C(C)N=c2s/c(=C\c3cc(C)n(-c4ccc(N(C)C)cc4)c3C)c(=O)n2[C@H]1c1cc(OC)c(OCC)cc1Br. The fourth-order valence-corrected chi connectivity index (χ4v) is 7.22. The van der Waals surface area contributed by atoms with Gasteiger partial charge in [-0.3, -0.25) is 9.36 Å². The number of carbonyl (C=O) groups is 1. The molecule has 0 saturated heterocycles. The smallest absolute Gasteiger partial charge is 0.338 e. The van der Waals surface area contributed by atoms with Gasteiger partial charge in [0.1, 0.15) is 0 Å². The molecule has 3 heterocycles. The molecule has 9 nitrogen and oxygen atoms in total. The van der Waals surface area contributed by atoms with Gasteiger partial charge >= 0.3 is 5.97 Å². The number of fused-ring (bicyclic) bond motifs is 1. The molecule has 0 amide bonds. The summed E-state index contributed by atoms with van der Waals surface area (Å²) in [6, 6.07) is 13.2. The Hall–Kier alpha value is -4.09. The maximum Gasteiger partial charge on any atom is 0.338 e. The number of anilines is 1. The molecular formula is C34H37BrN4O5S. The van der Waals surface area contributed by atoms with Crippen LogP contribution in [0, 0.1) is 13.8 Å². The van der Waals surface area contributed by atoms with Crippen molar-refractivity contribution in [3.8, 4) is 17.2 Å². The first kappa shape index (κ1) is 32.3. The quantitative estimate of drug-likeness (QED) is 0.217. The van der Waals surface area contributed by atoms with Crippen LogP contribution < -0.4 is 29.3 Å². The lowest BCUT2D eigenvalue weighted by molar-refractivity contribution is -0.139. The van der Waals surface area contributed by atoms with Crippen LogP contribution in [-0.4, -0.2) is 49.5 Å². The van der Waals surface area contributed by atoms with E-state index in [1.807, 2.05) is 34.0 Å². The molecule has 0 N–H and O–H groups in total. The molecule has 0 unspecified atom stereocenters. The van der Waals surface area contributed by atoms with Gasteiger partial charge in [-0.25, -0.2) is 9.79 Å². The standard InChI is InChI=1S/C34H37BrN4O5S/c1-9-43-28-18-26(35)25(17-27(28)42-8)31-30(33(41)44-10-2)20(4)36-34-39(31)32(40)29(45-34)16-22-15-19(3)38(21(22)5)24-13-11-23(12-14-24)37(6)7/h11-18,31H,9-10H2,1-8H3/b29-16-/t31-/m0/s1. The Morgan fingerprint density at radius 2 is 1.78 bits per heavy atom. The molecular weight excluding hydrogens is 656 g/mol. The molecule has 0 fully saturated rings. The summed E-state index contributed by atoms with van der Waals surface area (Å²) in [7, 11) is 5.59. The topological polar surface area (TPSA) is 87.3 Å². The minimum atomic E-state index is -0.802. The first-order valence-electron chi connectivity index (χ1n) is 14.7. The van der Waals surface area contributed by atoms with Crippen molar-refractivity contribution in [2.75, 3.05) is 39.3 Å². The number of halogens is 1. The first-order valence-corrected chi connectivity index (χ1v) is 16.3. The van der Waals surface area contributed by atoms with Crippen molar-refractivity contribution < 1.29 is 19.0 Å². The molecule has 236 valence electrons. The van der Waals surface area contributed by atoms with E-state index in [4.69, 9.17) is 19.2 Å². The first-order chi connectivity index (χ1) is 21.5. The second-order valence-electron chi connectivity index (χ2n) is 10.8. The number of hydrogen-bond acceptors (Lipinski definition) is 8. The van der Waals surface area contributed by atoms with Crippen LogP contribution >= 0.6 is 27.3 Å². The minimum absolute atomic E-state index is 0.189. The summed E-state index contributed by atoms with van der Waals surface area (Å²) in [4.78, 5) is 34.9. The lowest BCUT2D eigenvalue weighted by Crippen LogP contribution is -2.40. The minimum Gasteiger partial charge on any atom is -0.493 e. The number of thiazole rings is 1. The van der Waals surface area contributed by atoms with Crippen LogP contribution in [0.15, 0.2) is 68.0 Å². The van der Waals surface area contributed by atoms with Crippen molar-refractivity contribution in [3.05, 3.63) is 100 Å². The molecule has 45 heavy (non-hydrogen) atoms. The Morgan fingerprint density at radius 3 is 2.40 bits per heavy atom. The lowest BCUT2D eigenvalue weighted by atomic mass is 9.95. The highest BCUT2D eigenvalue weighted by molar-refractivity contribution is 9.10. The highest BCUT2D eigenvalue weighted by Gasteiger charge is 2.35. The number of hydrogen-bond donors (Lipinski definition) is 0. The van der Waals surface area contributed by atoms with Crippen molar-refractivity contribution >= 4 is 45.0 Å². The highest BCUT2D eigenvalue weighted by atomic mass is 79.9. The van der Waals surface area contributed by atoms with Gasteiger partial charge in [0, 0.05) is 41.3 Å². The summed E-state index contributed by atoms with van der Waals surface area (Å²) < 4.78 is 21.8. The number of methoxy groups -OCH3 is 1. The fourth-order valence-electron chi connectivity index (χ4n) is 5.65. The number of esters is 1. The predicted molar refractivity (Wildman–Crippen MR) is 182 cm³/mol. The van der Waals surface area contributed by atoms with Crippen LogP contribution in [0.25, 0.3) is 11.8 Å². The monoisotopic (exact) mass is 692 g/mol. The second-order valence-corrected chi connectivity index (χ2v) is 12.7. The van der Waals surface area contributed by atoms with Gasteiger partial charge in [-0.05, 0) is 94.3 Å². The van der Waals surface area contributed by atoms with E-state index < -0.39 is 12.0 Å². The Balaban J connectivity index is 1.69. The van der Waals surface area contributed by atoms with E-state index in [1.54, 1.807) is 37.7 Å². The van der Waals surface area contributed by atoms with E-state index in [0.29, 0.717) is 48.7 Å². The molecule has 4 aromatic rings. The molecule has 0 saturated carbocycles. The largest absolute Gasteiger partial charge is 0.493 e. The van der Waals surface area contributed by atoms with E-state index in [-0.39, 0.29) is 12.2 Å². The summed E-state index contributed by atoms with van der Waals surface area (Å²) in [5, 5.41) is 0. The zero-order valence-corrected chi connectivity index (χ0v) is 29.1. The van der Waals surface area contributed by atoms with Gasteiger partial charge in [0.05, 0.1) is 42.2 Å². The van der Waals surface area contributed by atoms with Crippen LogP contribution in [0.1, 0.15) is 49.3 Å². The third-order valence-electron chi connectivity index (χ3n) is 7.78. The summed E-state index contributed by atoms with van der Waals surface area (Å²) >= 11 is 4.97. The van der Waals surface area contributed by atoms with Crippen LogP contribution in [0.2, 0.25) is 0 Å². The molecule has 1 aliphatic heterocycles. The number of carbonyl (C=O) groups excluding carboxylic acids is 1. The predicted octanol–water partition coefficient (Wildman–Crippen LogP) is 5.44. The molecule has 2 aromatic carbocycles. The van der Waals surface area contributed by atoms with Crippen molar-refractivity contribution in [2.24, 2.45) is 4.99 Å². The van der Waals surface area contributed by atoms with Crippen molar-refractivity contribution in [3.63, 3.8) is 0 Å². The van der Waals surface area contributed by atoms with Crippen LogP contribution in [-0.2, 0) is 9.53 Å². The number of allylic oxidation sites excluding steroid dienone is 1. The maximum atomic E-state index is 14.3. The van der Waals surface area contributed by atoms with E-state index in [9.17, 15) is 9.59 Å².